The lowest BCUT2D eigenvalue weighted by Gasteiger charge is -2.20. The van der Waals surface area contributed by atoms with Crippen LogP contribution in [0.1, 0.15) is 22.7 Å². The number of nitrogens with one attached hydrogen (secondary N) is 2. The van der Waals surface area contributed by atoms with Crippen LogP contribution in [0.3, 0.4) is 0 Å². The van der Waals surface area contributed by atoms with Gasteiger partial charge in [0.15, 0.2) is 0 Å². The van der Waals surface area contributed by atoms with Gasteiger partial charge in [-0.05, 0) is 23.6 Å². The number of carbonyl (C=O) groups is 1. The van der Waals surface area contributed by atoms with E-state index in [9.17, 15) is 14.9 Å². The molecule has 0 aliphatic rings. The average molecular weight is 375 g/mol. The Balaban J connectivity index is 1.73. The van der Waals surface area contributed by atoms with Crippen LogP contribution in [0.25, 0.3) is 0 Å². The summed E-state index contributed by atoms with van der Waals surface area (Å²) in [6.45, 7) is 1.86. The summed E-state index contributed by atoms with van der Waals surface area (Å²) < 4.78 is 0. The molecule has 3 rings (SSSR count). The van der Waals surface area contributed by atoms with Crippen molar-refractivity contribution in [1.82, 2.24) is 5.32 Å². The third-order valence-corrected chi connectivity index (χ3v) is 4.44. The maximum absolute atomic E-state index is 12.5. The van der Waals surface area contributed by atoms with Gasteiger partial charge in [-0.15, -0.1) is 0 Å². The van der Waals surface area contributed by atoms with Gasteiger partial charge in [0.25, 0.3) is 5.69 Å². The molecule has 0 saturated heterocycles. The van der Waals surface area contributed by atoms with Gasteiger partial charge in [-0.2, -0.15) is 0 Å². The number of rotatable bonds is 7. The zero-order valence-corrected chi connectivity index (χ0v) is 15.5. The first-order valence-corrected chi connectivity index (χ1v) is 8.93. The molecule has 6 nitrogen and oxygen atoms in total. The number of anilines is 1. The first-order valence-electron chi connectivity index (χ1n) is 8.93. The molecule has 0 spiro atoms. The highest BCUT2D eigenvalue weighted by molar-refractivity contribution is 5.93. The van der Waals surface area contributed by atoms with Gasteiger partial charge in [0.05, 0.1) is 23.2 Å². The van der Waals surface area contributed by atoms with Crippen molar-refractivity contribution in [3.05, 3.63) is 106 Å². The molecular formula is C22H21N3O3. The highest BCUT2D eigenvalue weighted by atomic mass is 16.6. The highest BCUT2D eigenvalue weighted by Crippen LogP contribution is 2.23. The predicted octanol–water partition coefficient (Wildman–Crippen LogP) is 4.22. The normalized spacial score (nSPS) is 10.6. The van der Waals surface area contributed by atoms with E-state index in [0.717, 1.165) is 16.7 Å². The van der Waals surface area contributed by atoms with Gasteiger partial charge in [-0.3, -0.25) is 20.2 Å². The molecule has 0 aliphatic carbocycles. The summed E-state index contributed by atoms with van der Waals surface area (Å²) in [7, 11) is 0. The standard InChI is InChI=1S/C22H21N3O3/c1-16-12-13-19(25(27)28)14-20(16)24-21(26)15-23-22(17-8-4-2-5-9-17)18-10-6-3-7-11-18/h2-14,22-23H,15H2,1H3,(H,24,26). The Labute approximate surface area is 163 Å². The van der Waals surface area contributed by atoms with Crippen LogP contribution >= 0.6 is 0 Å². The van der Waals surface area contributed by atoms with Gasteiger partial charge in [-0.1, -0.05) is 66.7 Å². The second-order valence-electron chi connectivity index (χ2n) is 6.44. The van der Waals surface area contributed by atoms with Gasteiger partial charge in [0.1, 0.15) is 0 Å². The molecule has 0 aromatic heterocycles. The SMILES string of the molecule is Cc1ccc([N+](=O)[O-])cc1NC(=O)CNC(c1ccccc1)c1ccccc1. The maximum atomic E-state index is 12.5. The predicted molar refractivity (Wildman–Crippen MR) is 109 cm³/mol. The lowest BCUT2D eigenvalue weighted by Crippen LogP contribution is -2.32. The number of nitrogens with zero attached hydrogens (tertiary/aromatic N) is 1. The van der Waals surface area contributed by atoms with Crippen LogP contribution in [-0.4, -0.2) is 17.4 Å². The Morgan fingerprint density at radius 2 is 1.54 bits per heavy atom. The molecule has 0 unspecified atom stereocenters. The van der Waals surface area contributed by atoms with Crippen LogP contribution in [-0.2, 0) is 4.79 Å². The summed E-state index contributed by atoms with van der Waals surface area (Å²) >= 11 is 0. The quantitative estimate of drug-likeness (QED) is 0.478. The second-order valence-corrected chi connectivity index (χ2v) is 6.44. The van der Waals surface area contributed by atoms with Crippen LogP contribution in [0.5, 0.6) is 0 Å². The average Bonchev–Trinajstić information content (AvgIpc) is 2.71. The number of nitro groups is 1. The van der Waals surface area contributed by atoms with Crippen LogP contribution in [0.4, 0.5) is 11.4 Å². The smallest absolute Gasteiger partial charge is 0.271 e. The van der Waals surface area contributed by atoms with E-state index in [-0.39, 0.29) is 24.2 Å². The van der Waals surface area contributed by atoms with E-state index in [1.807, 2.05) is 60.7 Å². The molecule has 3 aromatic carbocycles. The van der Waals surface area contributed by atoms with Crippen LogP contribution in [0, 0.1) is 17.0 Å². The van der Waals surface area contributed by atoms with E-state index >= 15 is 0 Å². The number of aryl methyl sites for hydroxylation is 1. The lowest BCUT2D eigenvalue weighted by molar-refractivity contribution is -0.384. The molecule has 28 heavy (non-hydrogen) atoms. The molecule has 2 N–H and O–H groups in total. The van der Waals surface area contributed by atoms with E-state index in [2.05, 4.69) is 10.6 Å². The second kappa shape index (κ2) is 8.92. The summed E-state index contributed by atoms with van der Waals surface area (Å²) in [5.74, 6) is -0.263. The molecule has 6 heteroatoms. The van der Waals surface area contributed by atoms with Gasteiger partial charge in [0.2, 0.25) is 5.91 Å². The van der Waals surface area contributed by atoms with Crippen molar-refractivity contribution in [3.8, 4) is 0 Å². The maximum Gasteiger partial charge on any atom is 0.271 e. The lowest BCUT2D eigenvalue weighted by atomic mass is 9.99. The van der Waals surface area contributed by atoms with Gasteiger partial charge < -0.3 is 5.32 Å². The number of hydrogen-bond acceptors (Lipinski definition) is 4. The van der Waals surface area contributed by atoms with Crippen LogP contribution in [0.2, 0.25) is 0 Å². The monoisotopic (exact) mass is 375 g/mol. The first-order chi connectivity index (χ1) is 13.5. The van der Waals surface area contributed by atoms with Crippen LogP contribution in [0.15, 0.2) is 78.9 Å². The van der Waals surface area contributed by atoms with E-state index in [1.165, 1.54) is 12.1 Å². The largest absolute Gasteiger partial charge is 0.324 e. The van der Waals surface area contributed by atoms with Crippen molar-refractivity contribution in [3.63, 3.8) is 0 Å². The fourth-order valence-electron chi connectivity index (χ4n) is 2.97. The number of non-ortho nitro benzene ring substituents is 1. The topological polar surface area (TPSA) is 84.3 Å². The summed E-state index contributed by atoms with van der Waals surface area (Å²) in [6.07, 6.45) is 0. The van der Waals surface area contributed by atoms with E-state index in [4.69, 9.17) is 0 Å². The molecule has 0 saturated carbocycles. The number of carbonyl (C=O) groups excluding carboxylic acids is 1. The van der Waals surface area contributed by atoms with E-state index in [0.29, 0.717) is 5.69 Å². The zero-order chi connectivity index (χ0) is 19.9. The summed E-state index contributed by atoms with van der Waals surface area (Å²) in [5.41, 5.74) is 3.25. The van der Waals surface area contributed by atoms with Gasteiger partial charge in [-0.25, -0.2) is 0 Å². The van der Waals surface area contributed by atoms with Gasteiger partial charge in [0, 0.05) is 12.1 Å². The highest BCUT2D eigenvalue weighted by Gasteiger charge is 2.16. The molecule has 142 valence electrons. The van der Waals surface area contributed by atoms with Crippen molar-refractivity contribution in [1.29, 1.82) is 0 Å². The fourth-order valence-corrected chi connectivity index (χ4v) is 2.97. The summed E-state index contributed by atoms with van der Waals surface area (Å²) in [5, 5.41) is 17.0. The Hall–Kier alpha value is -3.51. The van der Waals surface area contributed by atoms with Crippen molar-refractivity contribution < 1.29 is 9.72 Å². The third kappa shape index (κ3) is 4.81. The molecule has 3 aromatic rings. The Morgan fingerprint density at radius 3 is 2.07 bits per heavy atom. The fraction of sp³-hybridized carbons (Fsp3) is 0.136. The molecule has 0 bridgehead atoms. The van der Waals surface area contributed by atoms with Crippen LogP contribution < -0.4 is 10.6 Å². The van der Waals surface area contributed by atoms with E-state index < -0.39 is 4.92 Å². The van der Waals surface area contributed by atoms with Crippen molar-refractivity contribution in [2.75, 3.05) is 11.9 Å². The molecule has 0 heterocycles. The number of benzene rings is 3. The Bertz CT molecular complexity index is 920. The number of hydrogen-bond donors (Lipinski definition) is 2. The minimum atomic E-state index is -0.478. The summed E-state index contributed by atoms with van der Waals surface area (Å²) in [4.78, 5) is 23.0. The Kier molecular flexibility index (Phi) is 6.14. The molecule has 1 amide bonds. The van der Waals surface area contributed by atoms with Crippen molar-refractivity contribution in [2.45, 2.75) is 13.0 Å². The van der Waals surface area contributed by atoms with E-state index in [1.54, 1.807) is 13.0 Å². The molecule has 0 radical (unpaired) electrons. The summed E-state index contributed by atoms with van der Waals surface area (Å²) in [6, 6.07) is 24.0. The first kappa shape index (κ1) is 19.3. The molecule has 0 fully saturated rings. The third-order valence-electron chi connectivity index (χ3n) is 4.44. The minimum Gasteiger partial charge on any atom is -0.324 e. The zero-order valence-electron chi connectivity index (χ0n) is 15.5. The number of amides is 1. The molecular weight excluding hydrogens is 354 g/mol. The number of nitro benzene ring substituents is 1. The Morgan fingerprint density at radius 1 is 0.964 bits per heavy atom. The van der Waals surface area contributed by atoms with Crippen molar-refractivity contribution in [2.24, 2.45) is 0 Å². The molecule has 0 atom stereocenters. The van der Waals surface area contributed by atoms with Gasteiger partial charge >= 0.3 is 0 Å². The van der Waals surface area contributed by atoms with Crippen molar-refractivity contribution >= 4 is 17.3 Å². The molecule has 0 aliphatic heterocycles. The minimum absolute atomic E-state index is 0.0553.